The van der Waals surface area contributed by atoms with Gasteiger partial charge in [-0.2, -0.15) is 0 Å². The molecule has 2 heterocycles. The molecule has 0 bridgehead atoms. The Morgan fingerprint density at radius 2 is 1.81 bits per heavy atom. The van der Waals surface area contributed by atoms with E-state index >= 15 is 0 Å². The number of carbonyl (C=O) groups excluding carboxylic acids is 2. The average molecular weight is 438 g/mol. The van der Waals surface area contributed by atoms with Crippen molar-refractivity contribution in [2.75, 3.05) is 13.7 Å². The van der Waals surface area contributed by atoms with E-state index in [0.717, 1.165) is 11.3 Å². The van der Waals surface area contributed by atoms with Gasteiger partial charge in [-0.05, 0) is 60.5 Å². The van der Waals surface area contributed by atoms with Crippen LogP contribution in [0.15, 0.2) is 76.9 Å². The van der Waals surface area contributed by atoms with Crippen molar-refractivity contribution in [3.8, 4) is 5.75 Å². The molecule has 2 aromatic carbocycles. The first-order valence-corrected chi connectivity index (χ1v) is 10.1. The first kappa shape index (κ1) is 20.8. The van der Waals surface area contributed by atoms with Crippen molar-refractivity contribution in [3.05, 3.63) is 94.4 Å². The number of likely N-dealkylation sites (tertiary alicyclic amines) is 1. The Morgan fingerprint density at radius 3 is 2.42 bits per heavy atom. The molecule has 0 radical (unpaired) electrons. The Labute approximate surface area is 184 Å². The van der Waals surface area contributed by atoms with E-state index in [0.29, 0.717) is 22.8 Å². The number of hydrogen-bond donors (Lipinski definition) is 1. The third kappa shape index (κ3) is 4.07. The van der Waals surface area contributed by atoms with Gasteiger partial charge in [0.25, 0.3) is 11.7 Å². The van der Waals surface area contributed by atoms with Gasteiger partial charge in [0.2, 0.25) is 0 Å². The third-order valence-corrected chi connectivity index (χ3v) is 5.52. The lowest BCUT2D eigenvalue weighted by Crippen LogP contribution is -2.31. The van der Waals surface area contributed by atoms with Crippen LogP contribution in [0.2, 0.25) is 5.02 Å². The van der Waals surface area contributed by atoms with Crippen LogP contribution in [0.25, 0.3) is 5.76 Å². The highest BCUT2D eigenvalue weighted by atomic mass is 35.5. The number of hydrogen-bond acceptors (Lipinski definition) is 5. The van der Waals surface area contributed by atoms with Crippen molar-refractivity contribution in [2.24, 2.45) is 0 Å². The van der Waals surface area contributed by atoms with Gasteiger partial charge < -0.3 is 19.2 Å². The molecule has 1 aliphatic rings. The van der Waals surface area contributed by atoms with Crippen molar-refractivity contribution < 1.29 is 23.8 Å². The van der Waals surface area contributed by atoms with Crippen LogP contribution in [0.3, 0.4) is 0 Å². The third-order valence-electron chi connectivity index (χ3n) is 5.27. The summed E-state index contributed by atoms with van der Waals surface area (Å²) in [5.74, 6) is -0.537. The number of nitrogens with zero attached hydrogens (tertiary/aromatic N) is 1. The Morgan fingerprint density at radius 1 is 1.10 bits per heavy atom. The van der Waals surface area contributed by atoms with Crippen LogP contribution >= 0.6 is 11.6 Å². The SMILES string of the molecule is COc1ccc(CCN2C(=O)C(=O)/C(=C(\O)c3ccc(Cl)cc3)C2c2ccco2)cc1. The van der Waals surface area contributed by atoms with Crippen molar-refractivity contribution in [2.45, 2.75) is 12.5 Å². The van der Waals surface area contributed by atoms with E-state index < -0.39 is 17.7 Å². The minimum atomic E-state index is -0.816. The zero-order valence-corrected chi connectivity index (χ0v) is 17.5. The van der Waals surface area contributed by atoms with Gasteiger partial charge in [-0.15, -0.1) is 0 Å². The number of halogens is 1. The van der Waals surface area contributed by atoms with Gasteiger partial charge in [0.05, 0.1) is 18.9 Å². The monoisotopic (exact) mass is 437 g/mol. The summed E-state index contributed by atoms with van der Waals surface area (Å²) in [6, 6.07) is 16.5. The number of aliphatic hydroxyl groups excluding tert-OH is 1. The Hall–Kier alpha value is -3.51. The Kier molecular flexibility index (Phi) is 5.82. The molecule has 1 amide bonds. The number of amides is 1. The van der Waals surface area contributed by atoms with Gasteiger partial charge in [-0.3, -0.25) is 9.59 Å². The highest BCUT2D eigenvalue weighted by molar-refractivity contribution is 6.46. The molecule has 4 rings (SSSR count). The predicted octanol–water partition coefficient (Wildman–Crippen LogP) is 4.61. The largest absolute Gasteiger partial charge is 0.507 e. The number of carbonyl (C=O) groups is 2. The standard InChI is InChI=1S/C24H20ClNO5/c1-30-18-10-4-15(5-11-18)12-13-26-21(19-3-2-14-31-19)20(23(28)24(26)29)22(27)16-6-8-17(25)9-7-16/h2-11,14,21,27H,12-13H2,1H3/b22-20-. The molecule has 1 aromatic heterocycles. The van der Waals surface area contributed by atoms with Crippen LogP contribution in [0.4, 0.5) is 0 Å². The van der Waals surface area contributed by atoms with Crippen LogP contribution in [0, 0.1) is 0 Å². The van der Waals surface area contributed by atoms with E-state index in [1.54, 1.807) is 43.5 Å². The smallest absolute Gasteiger partial charge is 0.295 e. The van der Waals surface area contributed by atoms with Crippen LogP contribution in [-0.4, -0.2) is 35.4 Å². The summed E-state index contributed by atoms with van der Waals surface area (Å²) in [5, 5.41) is 11.4. The molecule has 1 saturated heterocycles. The number of aliphatic hydroxyl groups is 1. The number of furan rings is 1. The van der Waals surface area contributed by atoms with Crippen LogP contribution in [0.1, 0.15) is 22.9 Å². The van der Waals surface area contributed by atoms with E-state index in [1.807, 2.05) is 24.3 Å². The Bertz CT molecular complexity index is 1120. The van der Waals surface area contributed by atoms with E-state index in [9.17, 15) is 14.7 Å². The van der Waals surface area contributed by atoms with Gasteiger partial charge in [0.15, 0.2) is 0 Å². The first-order valence-electron chi connectivity index (χ1n) is 9.70. The quantitative estimate of drug-likeness (QED) is 0.346. The molecule has 1 atom stereocenters. The van der Waals surface area contributed by atoms with Gasteiger partial charge in [-0.25, -0.2) is 0 Å². The molecule has 0 spiro atoms. The van der Waals surface area contributed by atoms with Crippen molar-refractivity contribution >= 4 is 29.1 Å². The number of rotatable bonds is 6. The van der Waals surface area contributed by atoms with Crippen molar-refractivity contribution in [1.29, 1.82) is 0 Å². The number of ketones is 1. The molecule has 7 heteroatoms. The molecular weight excluding hydrogens is 418 g/mol. The summed E-state index contributed by atoms with van der Waals surface area (Å²) in [6.07, 6.45) is 2.00. The summed E-state index contributed by atoms with van der Waals surface area (Å²) in [5.41, 5.74) is 1.38. The molecule has 1 unspecified atom stereocenters. The molecule has 6 nitrogen and oxygen atoms in total. The second-order valence-corrected chi connectivity index (χ2v) is 7.55. The fraction of sp³-hybridized carbons (Fsp3) is 0.167. The molecular formula is C24H20ClNO5. The minimum absolute atomic E-state index is 0.00277. The van der Waals surface area contributed by atoms with E-state index in [1.165, 1.54) is 11.2 Å². The predicted molar refractivity (Wildman–Crippen MR) is 116 cm³/mol. The van der Waals surface area contributed by atoms with E-state index in [-0.39, 0.29) is 17.9 Å². The molecule has 31 heavy (non-hydrogen) atoms. The summed E-state index contributed by atoms with van der Waals surface area (Å²) in [6.45, 7) is 0.277. The van der Waals surface area contributed by atoms with Crippen LogP contribution < -0.4 is 4.74 Å². The molecule has 0 saturated carbocycles. The number of methoxy groups -OCH3 is 1. The number of benzene rings is 2. The van der Waals surface area contributed by atoms with Gasteiger partial charge in [-0.1, -0.05) is 23.7 Å². The lowest BCUT2D eigenvalue weighted by atomic mass is 9.99. The van der Waals surface area contributed by atoms with E-state index in [4.69, 9.17) is 20.8 Å². The fourth-order valence-electron chi connectivity index (χ4n) is 3.66. The summed E-state index contributed by atoms with van der Waals surface area (Å²) in [7, 11) is 1.60. The maximum absolute atomic E-state index is 12.9. The lowest BCUT2D eigenvalue weighted by Gasteiger charge is -2.23. The lowest BCUT2D eigenvalue weighted by molar-refractivity contribution is -0.140. The second kappa shape index (κ2) is 8.70. The Balaban J connectivity index is 1.69. The normalized spacial score (nSPS) is 17.9. The molecule has 1 fully saturated rings. The molecule has 1 N–H and O–H groups in total. The van der Waals surface area contributed by atoms with Crippen LogP contribution in [0.5, 0.6) is 5.75 Å². The highest BCUT2D eigenvalue weighted by Gasteiger charge is 2.47. The topological polar surface area (TPSA) is 80.0 Å². The van der Waals surface area contributed by atoms with E-state index in [2.05, 4.69) is 0 Å². The molecule has 3 aromatic rings. The summed E-state index contributed by atoms with van der Waals surface area (Å²) >= 11 is 5.93. The first-order chi connectivity index (χ1) is 15.0. The number of Topliss-reactive ketones (excluding diaryl/α,β-unsaturated/α-hetero) is 1. The van der Waals surface area contributed by atoms with Gasteiger partial charge in [0, 0.05) is 17.1 Å². The average Bonchev–Trinajstić information content (AvgIpc) is 3.40. The van der Waals surface area contributed by atoms with Crippen LogP contribution in [-0.2, 0) is 16.0 Å². The molecule has 0 aliphatic carbocycles. The maximum Gasteiger partial charge on any atom is 0.295 e. The van der Waals surface area contributed by atoms with Crippen molar-refractivity contribution in [1.82, 2.24) is 4.90 Å². The second-order valence-electron chi connectivity index (χ2n) is 7.11. The molecule has 1 aliphatic heterocycles. The van der Waals surface area contributed by atoms with Crippen molar-refractivity contribution in [3.63, 3.8) is 0 Å². The highest BCUT2D eigenvalue weighted by Crippen LogP contribution is 2.39. The minimum Gasteiger partial charge on any atom is -0.507 e. The van der Waals surface area contributed by atoms with Gasteiger partial charge in [0.1, 0.15) is 23.3 Å². The summed E-state index contributed by atoms with van der Waals surface area (Å²) in [4.78, 5) is 27.2. The fourth-order valence-corrected chi connectivity index (χ4v) is 3.78. The summed E-state index contributed by atoms with van der Waals surface area (Å²) < 4.78 is 10.7. The zero-order valence-electron chi connectivity index (χ0n) is 16.7. The maximum atomic E-state index is 12.9. The van der Waals surface area contributed by atoms with Gasteiger partial charge >= 0.3 is 0 Å². The molecule has 158 valence electrons. The zero-order chi connectivity index (χ0) is 22.0. The number of ether oxygens (including phenoxy) is 1.